The van der Waals surface area contributed by atoms with Crippen LogP contribution in [0.4, 0.5) is 28.4 Å². The number of allylic oxidation sites excluding steroid dienone is 7. The molecule has 0 N–H and O–H groups in total. The fourth-order valence-electron chi connectivity index (χ4n) is 12.2. The third-order valence-corrected chi connectivity index (χ3v) is 15.8. The molecular weight excluding hydrogens is 873 g/mol. The fourth-order valence-corrected chi connectivity index (χ4v) is 12.2. The molecule has 0 saturated heterocycles. The van der Waals surface area contributed by atoms with Crippen LogP contribution in [0.1, 0.15) is 74.9 Å². The maximum absolute atomic E-state index is 6.97. The minimum atomic E-state index is -0.760. The highest BCUT2D eigenvalue weighted by Gasteiger charge is 2.52. The van der Waals surface area contributed by atoms with Gasteiger partial charge in [-0.05, 0) is 122 Å². The monoisotopic (exact) mass is 930 g/mol. The van der Waals surface area contributed by atoms with E-state index in [0.29, 0.717) is 0 Å². The van der Waals surface area contributed by atoms with Crippen LogP contribution in [0.5, 0.6) is 11.5 Å². The van der Waals surface area contributed by atoms with Crippen LogP contribution in [-0.2, 0) is 16.2 Å². The average Bonchev–Trinajstić information content (AvgIpc) is 3.68. The van der Waals surface area contributed by atoms with Gasteiger partial charge >= 0.3 is 0 Å². The molecule has 3 aliphatic carbocycles. The highest BCUT2D eigenvalue weighted by atomic mass is 16.5. The first kappa shape index (κ1) is 43.8. The van der Waals surface area contributed by atoms with Crippen molar-refractivity contribution >= 4 is 50.0 Å². The van der Waals surface area contributed by atoms with E-state index in [2.05, 4.69) is 282 Å². The molecule has 4 aliphatic rings. The van der Waals surface area contributed by atoms with E-state index in [0.717, 1.165) is 51.1 Å². The van der Waals surface area contributed by atoms with E-state index < -0.39 is 5.41 Å². The van der Waals surface area contributed by atoms with Crippen LogP contribution in [-0.4, -0.2) is 0 Å². The first-order valence-corrected chi connectivity index (χ1v) is 25.6. The summed E-state index contributed by atoms with van der Waals surface area (Å²) in [4.78, 5) is 5.05. The van der Waals surface area contributed by atoms with Gasteiger partial charge < -0.3 is 14.5 Å². The average molecular weight is 931 g/mol. The third kappa shape index (κ3) is 6.78. The van der Waals surface area contributed by atoms with Gasteiger partial charge in [-0.2, -0.15) is 0 Å². The second-order valence-corrected chi connectivity index (χ2v) is 22.1. The molecule has 2 unspecified atom stereocenters. The van der Waals surface area contributed by atoms with Crippen LogP contribution in [0, 0.1) is 11.8 Å². The second kappa shape index (κ2) is 16.5. The van der Waals surface area contributed by atoms with Crippen LogP contribution in [0.25, 0.3) is 32.7 Å². The van der Waals surface area contributed by atoms with Gasteiger partial charge in [-0.25, -0.2) is 0 Å². The zero-order valence-electron chi connectivity index (χ0n) is 41.9. The predicted molar refractivity (Wildman–Crippen MR) is 302 cm³/mol. The molecule has 0 aromatic heterocycles. The molecule has 3 heteroatoms. The highest BCUT2D eigenvalue weighted by Crippen LogP contribution is 2.65. The normalized spacial score (nSPS) is 16.9. The van der Waals surface area contributed by atoms with Crippen LogP contribution in [0.3, 0.4) is 0 Å². The van der Waals surface area contributed by atoms with Gasteiger partial charge in [-0.15, -0.1) is 0 Å². The summed E-state index contributed by atoms with van der Waals surface area (Å²) >= 11 is 0. The summed E-state index contributed by atoms with van der Waals surface area (Å²) in [5.74, 6) is 2.19. The minimum absolute atomic E-state index is 0.00542. The summed E-state index contributed by atoms with van der Waals surface area (Å²) in [7, 11) is 0. The summed E-state index contributed by atoms with van der Waals surface area (Å²) in [6.07, 6.45) is 16.0. The Morgan fingerprint density at radius 2 is 0.986 bits per heavy atom. The molecule has 1 spiro atoms. The Morgan fingerprint density at radius 1 is 0.431 bits per heavy atom. The quantitative estimate of drug-likeness (QED) is 0.165. The summed E-state index contributed by atoms with van der Waals surface area (Å²) in [6.45, 7) is 13.7. The molecule has 13 rings (SSSR count). The lowest BCUT2D eigenvalue weighted by molar-refractivity contribution is 0.436. The van der Waals surface area contributed by atoms with E-state index in [-0.39, 0.29) is 22.7 Å². The van der Waals surface area contributed by atoms with Gasteiger partial charge in [-0.1, -0.05) is 205 Å². The minimum Gasteiger partial charge on any atom is -0.457 e. The molecule has 0 radical (unpaired) electrons. The van der Waals surface area contributed by atoms with Crippen LogP contribution >= 0.6 is 0 Å². The molecule has 0 amide bonds. The van der Waals surface area contributed by atoms with Gasteiger partial charge in [0.25, 0.3) is 0 Å². The molecule has 0 fully saturated rings. The lowest BCUT2D eigenvalue weighted by atomic mass is 9.65. The maximum Gasteiger partial charge on any atom is 0.132 e. The number of rotatable bonds is 6. The van der Waals surface area contributed by atoms with Gasteiger partial charge in [0, 0.05) is 56.5 Å². The Balaban J connectivity index is 1.12. The van der Waals surface area contributed by atoms with Crippen molar-refractivity contribution in [2.24, 2.45) is 11.8 Å². The van der Waals surface area contributed by atoms with Gasteiger partial charge in [0.15, 0.2) is 0 Å². The SMILES string of the molecule is CC(C)(C)c1ccc(N(C2=CC=CC3C=CC=CC23)c2ccc3c(c2)C2(c4ccccc4Oc4ccccc42)c2cc(N(c4ccc(C(C)(C)C)cc4)c4cccc5ccccc45)c4ccccc4c2-3)cc1. The molecule has 9 aromatic rings. The number of ether oxygens (including phenoxy) is 1. The molecule has 72 heavy (non-hydrogen) atoms. The van der Waals surface area contributed by atoms with Gasteiger partial charge in [0.2, 0.25) is 0 Å². The largest absolute Gasteiger partial charge is 0.457 e. The Morgan fingerprint density at radius 3 is 1.67 bits per heavy atom. The molecule has 3 nitrogen and oxygen atoms in total. The Bertz CT molecular complexity index is 3710. The standard InChI is InChI=1S/C69H58N2O/c1-67(2,3)47-33-37-49(38-34-47)70(61-29-17-21-45-19-7-9-23-52(45)61)51-41-42-56-59(43-51)69(57-27-13-15-31-64(57)72-65-32-16-14-28-58(65)69)60-44-63(54-25-11-12-26-55(54)66(56)60)71(50-39-35-48(36-40-50)68(4,5)6)62-30-18-22-46-20-8-10-24-53(46)62/h7-45,52H,1-6H3. The van der Waals surface area contributed by atoms with Crippen molar-refractivity contribution in [2.75, 3.05) is 9.80 Å². The number of para-hydroxylation sites is 2. The van der Waals surface area contributed by atoms with E-state index in [4.69, 9.17) is 4.74 Å². The Labute approximate surface area is 424 Å². The molecule has 9 aromatic carbocycles. The molecule has 2 atom stereocenters. The van der Waals surface area contributed by atoms with Crippen LogP contribution < -0.4 is 14.5 Å². The molecule has 1 aliphatic heterocycles. The van der Waals surface area contributed by atoms with Crippen molar-refractivity contribution < 1.29 is 4.74 Å². The topological polar surface area (TPSA) is 15.7 Å². The van der Waals surface area contributed by atoms with Crippen molar-refractivity contribution in [1.82, 2.24) is 0 Å². The lowest BCUT2D eigenvalue weighted by Crippen LogP contribution is -2.33. The molecule has 0 saturated carbocycles. The van der Waals surface area contributed by atoms with Gasteiger partial charge in [0.05, 0.1) is 16.8 Å². The van der Waals surface area contributed by atoms with E-state index in [9.17, 15) is 0 Å². The first-order valence-electron chi connectivity index (χ1n) is 25.6. The smallest absolute Gasteiger partial charge is 0.132 e. The number of hydrogen-bond donors (Lipinski definition) is 0. The second-order valence-electron chi connectivity index (χ2n) is 22.1. The summed E-state index contributed by atoms with van der Waals surface area (Å²) in [5.41, 5.74) is 16.0. The van der Waals surface area contributed by atoms with Crippen LogP contribution in [0.2, 0.25) is 0 Å². The lowest BCUT2D eigenvalue weighted by Gasteiger charge is -2.41. The number of benzene rings is 9. The van der Waals surface area contributed by atoms with E-state index in [1.807, 2.05) is 0 Å². The van der Waals surface area contributed by atoms with Crippen molar-refractivity contribution in [1.29, 1.82) is 0 Å². The van der Waals surface area contributed by atoms with Crippen molar-refractivity contribution in [3.05, 3.63) is 270 Å². The summed E-state index contributed by atoms with van der Waals surface area (Å²) in [6, 6.07) is 70.5. The maximum atomic E-state index is 6.97. The molecular formula is C69H58N2O. The van der Waals surface area contributed by atoms with E-state index >= 15 is 0 Å². The van der Waals surface area contributed by atoms with Crippen molar-refractivity contribution in [3.63, 3.8) is 0 Å². The number of nitrogens with zero attached hydrogens (tertiary/aromatic N) is 2. The van der Waals surface area contributed by atoms with Gasteiger partial charge in [0.1, 0.15) is 11.5 Å². The Kier molecular flexibility index (Phi) is 10.0. The van der Waals surface area contributed by atoms with Gasteiger partial charge in [-0.3, -0.25) is 0 Å². The third-order valence-electron chi connectivity index (χ3n) is 15.8. The number of hydrogen-bond acceptors (Lipinski definition) is 3. The number of anilines is 5. The van der Waals surface area contributed by atoms with Crippen molar-refractivity contribution in [3.8, 4) is 22.6 Å². The molecule has 350 valence electrons. The summed E-state index contributed by atoms with van der Waals surface area (Å²) in [5, 5.41) is 4.80. The van der Waals surface area contributed by atoms with Crippen molar-refractivity contribution in [2.45, 2.75) is 57.8 Å². The molecule has 1 heterocycles. The van der Waals surface area contributed by atoms with E-state index in [1.54, 1.807) is 0 Å². The zero-order chi connectivity index (χ0) is 48.9. The van der Waals surface area contributed by atoms with E-state index in [1.165, 1.54) is 60.6 Å². The first-order chi connectivity index (χ1) is 35.0. The fraction of sp³-hybridized carbons (Fsp3) is 0.159. The summed E-state index contributed by atoms with van der Waals surface area (Å²) < 4.78 is 6.97. The zero-order valence-corrected chi connectivity index (χ0v) is 41.9. The highest BCUT2D eigenvalue weighted by molar-refractivity contribution is 6.13. The van der Waals surface area contributed by atoms with Crippen LogP contribution in [0.15, 0.2) is 236 Å². The number of fused-ring (bicyclic) bond motifs is 13. The Hall–Kier alpha value is -8.14. The predicted octanol–water partition coefficient (Wildman–Crippen LogP) is 18.5. The molecule has 0 bridgehead atoms.